The van der Waals surface area contributed by atoms with Gasteiger partial charge in [0.25, 0.3) is 0 Å². The van der Waals surface area contributed by atoms with Crippen molar-refractivity contribution in [1.29, 1.82) is 0 Å². The van der Waals surface area contributed by atoms with Crippen LogP contribution in [0.4, 0.5) is 15.3 Å². The van der Waals surface area contributed by atoms with Gasteiger partial charge >= 0.3 is 12.2 Å². The van der Waals surface area contributed by atoms with Crippen molar-refractivity contribution in [1.82, 2.24) is 15.1 Å². The lowest BCUT2D eigenvalue weighted by atomic mass is 10.2. The minimum atomic E-state index is -0.466. The van der Waals surface area contributed by atoms with Gasteiger partial charge in [0.2, 0.25) is 0 Å². The largest absolute Gasteiger partial charge is 0.495 e. The molecule has 2 heterocycles. The number of carbonyl (C=O) groups is 2. The summed E-state index contributed by atoms with van der Waals surface area (Å²) >= 11 is 15.1. The predicted octanol–water partition coefficient (Wildman–Crippen LogP) is 8.76. The van der Waals surface area contributed by atoms with Crippen molar-refractivity contribution < 1.29 is 28.5 Å². The van der Waals surface area contributed by atoms with Crippen molar-refractivity contribution in [3.63, 3.8) is 0 Å². The highest BCUT2D eigenvalue weighted by molar-refractivity contribution is 9.10. The molecule has 2 aromatic rings. The number of carbonyl (C=O) groups excluding carboxylic acids is 2. The van der Waals surface area contributed by atoms with E-state index < -0.39 is 11.2 Å². The predicted molar refractivity (Wildman–Crippen MR) is 200 cm³/mol. The maximum absolute atomic E-state index is 12.2. The molecule has 4 rings (SSSR count). The van der Waals surface area contributed by atoms with Crippen LogP contribution in [0.3, 0.4) is 0 Å². The molecular weight excluding hydrogens is 723 g/mol. The second-order valence-electron chi connectivity index (χ2n) is 13.0. The molecule has 2 aromatic carbocycles. The van der Waals surface area contributed by atoms with Crippen LogP contribution in [0, 0.1) is 0 Å². The van der Waals surface area contributed by atoms with Gasteiger partial charge in [-0.3, -0.25) is 0 Å². The molecule has 2 aliphatic heterocycles. The van der Waals surface area contributed by atoms with Crippen molar-refractivity contribution in [2.24, 2.45) is 0 Å². The number of nitrogens with zero attached hydrogens (tertiary/aromatic N) is 3. The number of rotatable bonds is 3. The fourth-order valence-corrected chi connectivity index (χ4v) is 5.25. The molecule has 0 bridgehead atoms. The number of amides is 2. The summed E-state index contributed by atoms with van der Waals surface area (Å²) < 4.78 is 22.0. The lowest BCUT2D eigenvalue weighted by molar-refractivity contribution is 0.0252. The Kier molecular flexibility index (Phi) is 18.8. The summed E-state index contributed by atoms with van der Waals surface area (Å²) in [5, 5.41) is 4.47. The highest BCUT2D eigenvalue weighted by atomic mass is 79.9. The molecule has 2 aliphatic rings. The quantitative estimate of drug-likeness (QED) is 0.331. The molecular formula is C35H55BrCl2N4O6. The number of ether oxygens (including phenoxy) is 4. The monoisotopic (exact) mass is 776 g/mol. The number of benzene rings is 2. The highest BCUT2D eigenvalue weighted by Crippen LogP contribution is 2.30. The number of methoxy groups -OCH3 is 2. The van der Waals surface area contributed by atoms with E-state index in [2.05, 4.69) is 26.1 Å². The molecule has 1 N–H and O–H groups in total. The Hall–Kier alpha value is -2.60. The molecule has 2 saturated heterocycles. The normalized spacial score (nSPS) is 15.2. The Morgan fingerprint density at radius 2 is 1.23 bits per heavy atom. The number of anilines is 1. The molecule has 272 valence electrons. The minimum Gasteiger partial charge on any atom is -0.495 e. The lowest BCUT2D eigenvalue weighted by Gasteiger charge is -2.27. The molecule has 10 nitrogen and oxygen atoms in total. The molecule has 0 unspecified atom stereocenters. The van der Waals surface area contributed by atoms with Gasteiger partial charge in [0.15, 0.2) is 0 Å². The molecule has 0 atom stereocenters. The van der Waals surface area contributed by atoms with Gasteiger partial charge in [0.05, 0.1) is 24.3 Å². The van der Waals surface area contributed by atoms with Crippen LogP contribution < -0.4 is 19.7 Å². The molecule has 2 amide bonds. The summed E-state index contributed by atoms with van der Waals surface area (Å²) in [6, 6.07) is 11.2. The molecule has 0 saturated carbocycles. The van der Waals surface area contributed by atoms with Gasteiger partial charge in [-0.15, -0.1) is 0 Å². The zero-order valence-corrected chi connectivity index (χ0v) is 32.1. The van der Waals surface area contributed by atoms with E-state index in [1.807, 2.05) is 71.9 Å². The standard InChI is InChI=1S/C17H25ClN2O3.C10H20N2O2.C7H6BrClO.CH4/c1-17(2,3)23-16(21)20-9-5-8-19(10-11-20)13-6-7-14(18)15(12-13)22-4;1-10(2,3)14-9(13)12-7-4-5-11-6-8-12;1-10-7-4-5(8)2-3-6(7)9;/h6-7,12H,5,8-11H2,1-4H3;11H,4-8H2,1-3H3;2-4H,1H3;1H4. The summed E-state index contributed by atoms with van der Waals surface area (Å²) in [5.41, 5.74) is 0.195. The van der Waals surface area contributed by atoms with Crippen LogP contribution in [0.1, 0.15) is 61.8 Å². The first-order chi connectivity index (χ1) is 22.0. The molecule has 48 heavy (non-hydrogen) atoms. The first kappa shape index (κ1) is 43.4. The van der Waals surface area contributed by atoms with Crippen LogP contribution >= 0.6 is 39.1 Å². The lowest BCUT2D eigenvalue weighted by Crippen LogP contribution is -2.39. The molecule has 13 heteroatoms. The van der Waals surface area contributed by atoms with E-state index >= 15 is 0 Å². The second-order valence-corrected chi connectivity index (χ2v) is 14.7. The van der Waals surface area contributed by atoms with Crippen LogP contribution in [-0.2, 0) is 9.47 Å². The van der Waals surface area contributed by atoms with Gasteiger partial charge in [-0.2, -0.15) is 0 Å². The van der Waals surface area contributed by atoms with E-state index in [9.17, 15) is 9.59 Å². The first-order valence-corrected chi connectivity index (χ1v) is 17.3. The van der Waals surface area contributed by atoms with Crippen molar-refractivity contribution in [2.75, 3.05) is 71.5 Å². The summed E-state index contributed by atoms with van der Waals surface area (Å²) in [7, 11) is 3.20. The van der Waals surface area contributed by atoms with E-state index in [1.165, 1.54) is 0 Å². The van der Waals surface area contributed by atoms with Crippen LogP contribution in [0.15, 0.2) is 40.9 Å². The zero-order chi connectivity index (χ0) is 35.2. The second kappa shape index (κ2) is 20.8. The topological polar surface area (TPSA) is 92.8 Å². The Labute approximate surface area is 306 Å². The average molecular weight is 779 g/mol. The van der Waals surface area contributed by atoms with Gasteiger partial charge in [-0.05, 0) is 91.3 Å². The summed E-state index contributed by atoms with van der Waals surface area (Å²) in [5.74, 6) is 1.36. The molecule has 2 fully saturated rings. The zero-order valence-electron chi connectivity index (χ0n) is 29.0. The first-order valence-electron chi connectivity index (χ1n) is 15.8. The molecule has 0 radical (unpaired) electrons. The fourth-order valence-electron chi connectivity index (χ4n) is 4.52. The molecule has 0 aromatic heterocycles. The minimum absolute atomic E-state index is 0. The third-order valence-corrected chi connectivity index (χ3v) is 7.87. The van der Waals surface area contributed by atoms with E-state index in [0.717, 1.165) is 62.3 Å². The fraction of sp³-hybridized carbons (Fsp3) is 0.600. The highest BCUT2D eigenvalue weighted by Gasteiger charge is 2.25. The summed E-state index contributed by atoms with van der Waals surface area (Å²) in [6.45, 7) is 17.7. The van der Waals surface area contributed by atoms with Gasteiger partial charge < -0.3 is 39.0 Å². The smallest absolute Gasteiger partial charge is 0.410 e. The Balaban J connectivity index is 0.000000392. The van der Waals surface area contributed by atoms with Crippen molar-refractivity contribution in [2.45, 2.75) is 73.0 Å². The van der Waals surface area contributed by atoms with Crippen molar-refractivity contribution in [3.05, 3.63) is 50.9 Å². The van der Waals surface area contributed by atoms with Crippen LogP contribution in [0.25, 0.3) is 0 Å². The number of nitrogens with one attached hydrogen (secondary N) is 1. The van der Waals surface area contributed by atoms with Gasteiger partial charge in [0.1, 0.15) is 22.7 Å². The Bertz CT molecular complexity index is 1280. The third kappa shape index (κ3) is 16.2. The van der Waals surface area contributed by atoms with Crippen LogP contribution in [-0.4, -0.2) is 99.8 Å². The van der Waals surface area contributed by atoms with Gasteiger partial charge in [0, 0.05) is 62.0 Å². The summed E-state index contributed by atoms with van der Waals surface area (Å²) in [4.78, 5) is 29.6. The van der Waals surface area contributed by atoms with Crippen LogP contribution in [0.5, 0.6) is 11.5 Å². The molecule has 0 aliphatic carbocycles. The summed E-state index contributed by atoms with van der Waals surface area (Å²) in [6.07, 6.45) is 1.46. The van der Waals surface area contributed by atoms with E-state index in [0.29, 0.717) is 34.6 Å². The van der Waals surface area contributed by atoms with Crippen molar-refractivity contribution in [3.8, 4) is 11.5 Å². The van der Waals surface area contributed by atoms with E-state index in [1.54, 1.807) is 30.1 Å². The van der Waals surface area contributed by atoms with Gasteiger partial charge in [-0.25, -0.2) is 9.59 Å². The number of hydrogen-bond acceptors (Lipinski definition) is 8. The van der Waals surface area contributed by atoms with Crippen LogP contribution in [0.2, 0.25) is 10.0 Å². The van der Waals surface area contributed by atoms with E-state index in [-0.39, 0.29) is 19.6 Å². The Morgan fingerprint density at radius 3 is 1.77 bits per heavy atom. The third-order valence-electron chi connectivity index (χ3n) is 6.75. The maximum atomic E-state index is 12.2. The van der Waals surface area contributed by atoms with E-state index in [4.69, 9.17) is 42.1 Å². The maximum Gasteiger partial charge on any atom is 0.410 e. The number of halogens is 3. The Morgan fingerprint density at radius 1 is 0.708 bits per heavy atom. The number of hydrogen-bond donors (Lipinski definition) is 1. The van der Waals surface area contributed by atoms with Crippen molar-refractivity contribution >= 4 is 57.0 Å². The van der Waals surface area contributed by atoms with Gasteiger partial charge in [-0.1, -0.05) is 46.6 Å². The average Bonchev–Trinajstić information content (AvgIpc) is 3.42. The molecule has 0 spiro atoms. The SMILES string of the molecule is C.CC(C)(C)OC(=O)N1CCCNCC1.COc1cc(Br)ccc1Cl.COc1cc(N2CCCN(C(=O)OC(C)(C)C)CC2)ccc1Cl.